The van der Waals surface area contributed by atoms with Crippen molar-refractivity contribution in [2.45, 2.75) is 70.3 Å². The zero-order valence-electron chi connectivity index (χ0n) is 23.8. The third-order valence-corrected chi connectivity index (χ3v) is 6.77. The fraction of sp³-hybridized carbons (Fsp3) is 0.382. The number of rotatable bonds is 15. The summed E-state index contributed by atoms with van der Waals surface area (Å²) in [7, 11) is 1.61. The van der Waals surface area contributed by atoms with Crippen LogP contribution in [-0.2, 0) is 53.0 Å². The number of allylic oxidation sites excluding steroid dienone is 1. The van der Waals surface area contributed by atoms with E-state index in [9.17, 15) is 4.79 Å². The molecule has 7 nitrogen and oxygen atoms in total. The summed E-state index contributed by atoms with van der Waals surface area (Å²) in [5, 5.41) is 0. The quantitative estimate of drug-likeness (QED) is 0.128. The molecule has 0 radical (unpaired) electrons. The molecule has 5 atom stereocenters. The number of unbranched alkanes of at least 4 members (excludes halogenated alkanes) is 1. The molecule has 3 aromatic rings. The van der Waals surface area contributed by atoms with Crippen molar-refractivity contribution in [2.75, 3.05) is 13.7 Å². The van der Waals surface area contributed by atoms with Gasteiger partial charge in [-0.1, -0.05) is 103 Å². The van der Waals surface area contributed by atoms with E-state index in [0.717, 1.165) is 23.1 Å². The monoisotopic (exact) mass is 560 g/mol. The fourth-order valence-corrected chi connectivity index (χ4v) is 4.68. The van der Waals surface area contributed by atoms with E-state index in [-0.39, 0.29) is 5.97 Å². The Morgan fingerprint density at radius 2 is 1.22 bits per heavy atom. The lowest BCUT2D eigenvalue weighted by molar-refractivity contribution is -0.309. The highest BCUT2D eigenvalue weighted by Gasteiger charge is 2.47. The van der Waals surface area contributed by atoms with E-state index in [2.05, 4.69) is 0 Å². The lowest BCUT2D eigenvalue weighted by Crippen LogP contribution is -2.60. The number of esters is 1. The molecule has 41 heavy (non-hydrogen) atoms. The Morgan fingerprint density at radius 3 is 1.71 bits per heavy atom. The van der Waals surface area contributed by atoms with Gasteiger partial charge in [-0.15, -0.1) is 0 Å². The van der Waals surface area contributed by atoms with Crippen molar-refractivity contribution < 1.29 is 33.2 Å². The molecule has 1 saturated heterocycles. The van der Waals surface area contributed by atoms with E-state index in [1.165, 1.54) is 6.92 Å². The number of carbonyl (C=O) groups is 1. The highest BCUT2D eigenvalue weighted by molar-refractivity contribution is 5.65. The minimum atomic E-state index is -0.674. The topological polar surface area (TPSA) is 72.5 Å². The molecule has 1 aliphatic heterocycles. The van der Waals surface area contributed by atoms with E-state index in [1.807, 2.05) is 103 Å². The summed E-state index contributed by atoms with van der Waals surface area (Å²) < 4.78 is 36.9. The number of ether oxygens (including phenoxy) is 6. The third kappa shape index (κ3) is 9.92. The first-order valence-electron chi connectivity index (χ1n) is 14.1. The molecule has 0 unspecified atom stereocenters. The highest BCUT2D eigenvalue weighted by Crippen LogP contribution is 2.31. The second-order valence-electron chi connectivity index (χ2n) is 9.90. The van der Waals surface area contributed by atoms with Gasteiger partial charge >= 0.3 is 5.97 Å². The highest BCUT2D eigenvalue weighted by atomic mass is 16.7. The van der Waals surface area contributed by atoms with Crippen LogP contribution in [0, 0.1) is 0 Å². The van der Waals surface area contributed by atoms with Gasteiger partial charge in [0.2, 0.25) is 0 Å². The predicted octanol–water partition coefficient (Wildman–Crippen LogP) is 6.01. The molecule has 7 heteroatoms. The van der Waals surface area contributed by atoms with Gasteiger partial charge in [0.25, 0.3) is 0 Å². The molecule has 0 saturated carbocycles. The summed E-state index contributed by atoms with van der Waals surface area (Å²) in [5.74, 6) is -0.276. The van der Waals surface area contributed by atoms with Crippen LogP contribution in [0.1, 0.15) is 36.5 Å². The van der Waals surface area contributed by atoms with Gasteiger partial charge in [0.15, 0.2) is 6.29 Å². The van der Waals surface area contributed by atoms with Gasteiger partial charge < -0.3 is 28.4 Å². The van der Waals surface area contributed by atoms with Crippen molar-refractivity contribution >= 4 is 5.97 Å². The minimum absolute atomic E-state index is 0.276. The van der Waals surface area contributed by atoms with Crippen molar-refractivity contribution in [3.63, 3.8) is 0 Å². The van der Waals surface area contributed by atoms with Gasteiger partial charge in [-0.25, -0.2) is 0 Å². The zero-order chi connectivity index (χ0) is 28.7. The van der Waals surface area contributed by atoms with Gasteiger partial charge in [-0.3, -0.25) is 4.79 Å². The summed E-state index contributed by atoms with van der Waals surface area (Å²) in [4.78, 5) is 11.1. The van der Waals surface area contributed by atoms with Crippen LogP contribution < -0.4 is 0 Å². The maximum Gasteiger partial charge on any atom is 0.302 e. The first-order chi connectivity index (χ1) is 20.1. The van der Waals surface area contributed by atoms with E-state index < -0.39 is 30.7 Å². The number of methoxy groups -OCH3 is 1. The van der Waals surface area contributed by atoms with Crippen LogP contribution in [0.15, 0.2) is 103 Å². The van der Waals surface area contributed by atoms with E-state index in [0.29, 0.717) is 32.8 Å². The SMILES string of the molecule is CO[C@H]1O[C@H](/C=C/CCCOC(C)=O)[C@@H](OCc2ccccc2)[C@H](OCc2ccccc2)[C@H]1OCc1ccccc1. The van der Waals surface area contributed by atoms with E-state index in [1.54, 1.807) is 7.11 Å². The molecule has 0 N–H and O–H groups in total. The number of carbonyl (C=O) groups excluding carboxylic acids is 1. The lowest BCUT2D eigenvalue weighted by atomic mass is 9.97. The molecule has 0 amide bonds. The average molecular weight is 561 g/mol. The molecule has 0 spiro atoms. The van der Waals surface area contributed by atoms with Crippen LogP contribution in [0.3, 0.4) is 0 Å². The standard InChI is InChI=1S/C34H40O7/c1-26(35)37-22-14-6-13-21-30-31(38-23-27-15-7-3-8-16-27)32(39-24-28-17-9-4-10-18-28)33(34(36-2)41-30)40-25-29-19-11-5-12-20-29/h3-5,7-13,15-21,30-34H,6,14,22-25H2,1-2H3/b21-13+/t30-,31-,32+,33-,34+/m1/s1. The first-order valence-corrected chi connectivity index (χ1v) is 14.1. The Labute approximate surface area is 243 Å². The van der Waals surface area contributed by atoms with Gasteiger partial charge in [0.05, 0.1) is 26.4 Å². The second-order valence-corrected chi connectivity index (χ2v) is 9.90. The van der Waals surface area contributed by atoms with Crippen molar-refractivity contribution in [1.29, 1.82) is 0 Å². The number of hydrogen-bond donors (Lipinski definition) is 0. The minimum Gasteiger partial charge on any atom is -0.466 e. The Balaban J connectivity index is 1.57. The maximum atomic E-state index is 11.1. The Hall–Kier alpha value is -3.33. The van der Waals surface area contributed by atoms with E-state index >= 15 is 0 Å². The van der Waals surface area contributed by atoms with Crippen LogP contribution in [0.2, 0.25) is 0 Å². The second kappa shape index (κ2) is 16.8. The summed E-state index contributed by atoms with van der Waals surface area (Å²) in [6.45, 7) is 2.94. The third-order valence-electron chi connectivity index (χ3n) is 6.77. The van der Waals surface area contributed by atoms with Crippen molar-refractivity contribution in [3.8, 4) is 0 Å². The van der Waals surface area contributed by atoms with Crippen LogP contribution >= 0.6 is 0 Å². The van der Waals surface area contributed by atoms with E-state index in [4.69, 9.17) is 28.4 Å². The first kappa shape index (κ1) is 30.6. The Bertz CT molecular complexity index is 1170. The molecule has 218 valence electrons. The van der Waals surface area contributed by atoms with Crippen LogP contribution in [0.25, 0.3) is 0 Å². The van der Waals surface area contributed by atoms with Crippen molar-refractivity contribution in [2.24, 2.45) is 0 Å². The van der Waals surface area contributed by atoms with Gasteiger partial charge in [-0.2, -0.15) is 0 Å². The molecule has 1 fully saturated rings. The molecule has 0 aliphatic carbocycles. The lowest BCUT2D eigenvalue weighted by Gasteiger charge is -2.45. The Morgan fingerprint density at radius 1 is 0.732 bits per heavy atom. The van der Waals surface area contributed by atoms with Gasteiger partial charge in [0, 0.05) is 14.0 Å². The van der Waals surface area contributed by atoms with Gasteiger partial charge in [0.1, 0.15) is 24.4 Å². The van der Waals surface area contributed by atoms with Crippen LogP contribution in [-0.4, -0.2) is 50.4 Å². The predicted molar refractivity (Wildman–Crippen MR) is 156 cm³/mol. The molecule has 3 aromatic carbocycles. The normalized spacial score (nSPS) is 22.5. The summed E-state index contributed by atoms with van der Waals surface area (Å²) in [6, 6.07) is 30.1. The fourth-order valence-electron chi connectivity index (χ4n) is 4.68. The average Bonchev–Trinajstić information content (AvgIpc) is 3.01. The summed E-state index contributed by atoms with van der Waals surface area (Å²) >= 11 is 0. The summed E-state index contributed by atoms with van der Waals surface area (Å²) in [6.07, 6.45) is 2.82. The molecule has 1 aliphatic rings. The zero-order valence-corrected chi connectivity index (χ0v) is 23.8. The number of benzene rings is 3. The molecule has 1 heterocycles. The van der Waals surface area contributed by atoms with Gasteiger partial charge in [-0.05, 0) is 29.5 Å². The summed E-state index contributed by atoms with van der Waals surface area (Å²) in [5.41, 5.74) is 3.14. The molecule has 0 bridgehead atoms. The largest absolute Gasteiger partial charge is 0.466 e. The molecule has 0 aromatic heterocycles. The van der Waals surface area contributed by atoms with Crippen LogP contribution in [0.5, 0.6) is 0 Å². The number of hydrogen-bond acceptors (Lipinski definition) is 7. The molecular weight excluding hydrogens is 520 g/mol. The van der Waals surface area contributed by atoms with Crippen LogP contribution in [0.4, 0.5) is 0 Å². The van der Waals surface area contributed by atoms with Crippen molar-refractivity contribution in [3.05, 3.63) is 120 Å². The molecule has 4 rings (SSSR count). The smallest absolute Gasteiger partial charge is 0.302 e. The molecular formula is C34H40O7. The van der Waals surface area contributed by atoms with Crippen molar-refractivity contribution in [1.82, 2.24) is 0 Å². The maximum absolute atomic E-state index is 11.1. The Kier molecular flexibility index (Phi) is 12.6.